The van der Waals surface area contributed by atoms with Gasteiger partial charge in [-0.3, -0.25) is 9.69 Å². The third-order valence-electron chi connectivity index (χ3n) is 3.30. The largest absolute Gasteiger partial charge is 0.338 e. The fourth-order valence-corrected chi connectivity index (χ4v) is 2.42. The van der Waals surface area contributed by atoms with Crippen molar-refractivity contribution in [3.05, 3.63) is 12.2 Å². The lowest BCUT2D eigenvalue weighted by Gasteiger charge is -2.32. The zero-order valence-corrected chi connectivity index (χ0v) is 11.5. The van der Waals surface area contributed by atoms with E-state index in [0.29, 0.717) is 13.1 Å². The van der Waals surface area contributed by atoms with Crippen molar-refractivity contribution in [2.45, 2.75) is 33.6 Å². The maximum absolute atomic E-state index is 12.1. The second-order valence-electron chi connectivity index (χ2n) is 5.35. The standard InChI is InChI=1S/C14H26N2O/c1-5-16(9-12(2)3)14(17)11-15-8-6-7-13(4)10-15/h13H,2,5-11H2,1,3-4H3. The average molecular weight is 238 g/mol. The second kappa shape index (κ2) is 6.80. The molecule has 1 atom stereocenters. The van der Waals surface area contributed by atoms with Crippen LogP contribution in [0.3, 0.4) is 0 Å². The predicted molar refractivity (Wildman–Crippen MR) is 71.9 cm³/mol. The summed E-state index contributed by atoms with van der Waals surface area (Å²) >= 11 is 0. The van der Waals surface area contributed by atoms with Gasteiger partial charge >= 0.3 is 0 Å². The number of carbonyl (C=O) groups is 1. The molecule has 1 rings (SSSR count). The molecule has 0 bridgehead atoms. The fraction of sp³-hybridized carbons (Fsp3) is 0.786. The molecule has 0 spiro atoms. The first-order valence-electron chi connectivity index (χ1n) is 6.67. The Labute approximate surface area is 105 Å². The van der Waals surface area contributed by atoms with Gasteiger partial charge in [0.1, 0.15) is 0 Å². The van der Waals surface area contributed by atoms with Crippen molar-refractivity contribution in [3.8, 4) is 0 Å². The Morgan fingerprint density at radius 1 is 1.53 bits per heavy atom. The lowest BCUT2D eigenvalue weighted by Crippen LogP contribution is -2.44. The third kappa shape index (κ3) is 4.90. The van der Waals surface area contributed by atoms with E-state index < -0.39 is 0 Å². The van der Waals surface area contributed by atoms with Crippen LogP contribution in [-0.2, 0) is 4.79 Å². The lowest BCUT2D eigenvalue weighted by molar-refractivity contribution is -0.132. The molecule has 3 heteroatoms. The van der Waals surface area contributed by atoms with E-state index in [1.807, 2.05) is 18.7 Å². The minimum atomic E-state index is 0.240. The molecule has 0 N–H and O–H groups in total. The highest BCUT2D eigenvalue weighted by Gasteiger charge is 2.20. The average Bonchev–Trinajstić information content (AvgIpc) is 2.25. The normalized spacial score (nSPS) is 21.2. The van der Waals surface area contributed by atoms with Crippen molar-refractivity contribution in [3.63, 3.8) is 0 Å². The van der Waals surface area contributed by atoms with Gasteiger partial charge in [0, 0.05) is 19.6 Å². The number of hydrogen-bond donors (Lipinski definition) is 0. The van der Waals surface area contributed by atoms with Crippen LogP contribution in [0.2, 0.25) is 0 Å². The number of piperidine rings is 1. The van der Waals surface area contributed by atoms with E-state index in [1.54, 1.807) is 0 Å². The van der Waals surface area contributed by atoms with Crippen molar-refractivity contribution in [2.75, 3.05) is 32.7 Å². The summed E-state index contributed by atoms with van der Waals surface area (Å²) < 4.78 is 0. The molecule has 1 fully saturated rings. The summed E-state index contributed by atoms with van der Waals surface area (Å²) in [7, 11) is 0. The summed E-state index contributed by atoms with van der Waals surface area (Å²) in [6.45, 7) is 14.3. The van der Waals surface area contributed by atoms with Gasteiger partial charge in [0.25, 0.3) is 0 Å². The maximum Gasteiger partial charge on any atom is 0.237 e. The summed E-state index contributed by atoms with van der Waals surface area (Å²) in [6.07, 6.45) is 2.52. The summed E-state index contributed by atoms with van der Waals surface area (Å²) in [5.74, 6) is 0.970. The van der Waals surface area contributed by atoms with E-state index >= 15 is 0 Å². The molecule has 1 heterocycles. The highest BCUT2D eigenvalue weighted by Crippen LogP contribution is 2.15. The van der Waals surface area contributed by atoms with Crippen LogP contribution in [-0.4, -0.2) is 48.4 Å². The van der Waals surface area contributed by atoms with Gasteiger partial charge in [-0.25, -0.2) is 0 Å². The number of carbonyl (C=O) groups excluding carboxylic acids is 1. The van der Waals surface area contributed by atoms with Crippen molar-refractivity contribution >= 4 is 5.91 Å². The van der Waals surface area contributed by atoms with Crippen molar-refractivity contribution in [1.29, 1.82) is 0 Å². The smallest absolute Gasteiger partial charge is 0.237 e. The Kier molecular flexibility index (Phi) is 5.69. The van der Waals surface area contributed by atoms with E-state index in [1.165, 1.54) is 12.8 Å². The van der Waals surface area contributed by atoms with Crippen LogP contribution < -0.4 is 0 Å². The number of likely N-dealkylation sites (tertiary alicyclic amines) is 1. The molecule has 1 aliphatic heterocycles. The van der Waals surface area contributed by atoms with Crippen molar-refractivity contribution in [2.24, 2.45) is 5.92 Å². The van der Waals surface area contributed by atoms with Gasteiger partial charge in [-0.15, -0.1) is 0 Å². The van der Waals surface area contributed by atoms with Crippen molar-refractivity contribution in [1.82, 2.24) is 9.80 Å². The first-order chi connectivity index (χ1) is 8.02. The van der Waals surface area contributed by atoms with E-state index in [9.17, 15) is 4.79 Å². The first-order valence-corrected chi connectivity index (χ1v) is 6.67. The zero-order chi connectivity index (χ0) is 12.8. The minimum absolute atomic E-state index is 0.240. The molecule has 1 unspecified atom stereocenters. The molecule has 0 aliphatic carbocycles. The molecular weight excluding hydrogens is 212 g/mol. The summed E-state index contributed by atoms with van der Waals surface area (Å²) in [4.78, 5) is 16.3. The van der Waals surface area contributed by atoms with Crippen LogP contribution in [0, 0.1) is 5.92 Å². The maximum atomic E-state index is 12.1. The SMILES string of the molecule is C=C(C)CN(CC)C(=O)CN1CCCC(C)C1. The van der Waals surface area contributed by atoms with E-state index in [0.717, 1.165) is 31.1 Å². The topological polar surface area (TPSA) is 23.6 Å². The molecule has 1 amide bonds. The van der Waals surface area contributed by atoms with Crippen LogP contribution in [0.15, 0.2) is 12.2 Å². The van der Waals surface area contributed by atoms with Gasteiger partial charge in [0.2, 0.25) is 5.91 Å². The van der Waals surface area contributed by atoms with Crippen LogP contribution >= 0.6 is 0 Å². The lowest BCUT2D eigenvalue weighted by atomic mass is 10.0. The zero-order valence-electron chi connectivity index (χ0n) is 11.5. The molecule has 1 aliphatic rings. The van der Waals surface area contributed by atoms with Crippen LogP contribution in [0.1, 0.15) is 33.6 Å². The van der Waals surface area contributed by atoms with Gasteiger partial charge < -0.3 is 4.90 Å². The molecule has 98 valence electrons. The van der Waals surface area contributed by atoms with E-state index in [2.05, 4.69) is 18.4 Å². The molecule has 0 radical (unpaired) electrons. The molecule has 0 saturated carbocycles. The van der Waals surface area contributed by atoms with Gasteiger partial charge in [-0.05, 0) is 39.2 Å². The molecule has 3 nitrogen and oxygen atoms in total. The highest BCUT2D eigenvalue weighted by atomic mass is 16.2. The van der Waals surface area contributed by atoms with E-state index in [4.69, 9.17) is 0 Å². The predicted octanol–water partition coefficient (Wildman–Crippen LogP) is 2.14. The molecular formula is C14H26N2O. The third-order valence-corrected chi connectivity index (χ3v) is 3.30. The number of rotatable bonds is 5. The van der Waals surface area contributed by atoms with Crippen LogP contribution in [0.25, 0.3) is 0 Å². The molecule has 1 saturated heterocycles. The first kappa shape index (κ1) is 14.2. The van der Waals surface area contributed by atoms with Crippen LogP contribution in [0.4, 0.5) is 0 Å². The van der Waals surface area contributed by atoms with Gasteiger partial charge in [0.05, 0.1) is 6.54 Å². The Bertz CT molecular complexity index is 275. The Morgan fingerprint density at radius 3 is 2.76 bits per heavy atom. The van der Waals surface area contributed by atoms with Gasteiger partial charge in [-0.2, -0.15) is 0 Å². The quantitative estimate of drug-likeness (QED) is 0.685. The summed E-state index contributed by atoms with van der Waals surface area (Å²) in [5.41, 5.74) is 1.05. The Balaban J connectivity index is 2.43. The van der Waals surface area contributed by atoms with Crippen molar-refractivity contribution < 1.29 is 4.79 Å². The minimum Gasteiger partial charge on any atom is -0.338 e. The number of hydrogen-bond acceptors (Lipinski definition) is 2. The Hall–Kier alpha value is -0.830. The van der Waals surface area contributed by atoms with E-state index in [-0.39, 0.29) is 5.91 Å². The number of nitrogens with zero attached hydrogens (tertiary/aromatic N) is 2. The molecule has 0 aromatic heterocycles. The van der Waals surface area contributed by atoms with Crippen LogP contribution in [0.5, 0.6) is 0 Å². The number of likely N-dealkylation sites (N-methyl/N-ethyl adjacent to an activating group) is 1. The summed E-state index contributed by atoms with van der Waals surface area (Å²) in [5, 5.41) is 0. The Morgan fingerprint density at radius 2 is 2.24 bits per heavy atom. The molecule has 0 aromatic rings. The monoisotopic (exact) mass is 238 g/mol. The van der Waals surface area contributed by atoms with Gasteiger partial charge in [-0.1, -0.05) is 19.1 Å². The fourth-order valence-electron chi connectivity index (χ4n) is 2.42. The second-order valence-corrected chi connectivity index (χ2v) is 5.35. The summed E-state index contributed by atoms with van der Waals surface area (Å²) in [6, 6.07) is 0. The highest BCUT2D eigenvalue weighted by molar-refractivity contribution is 5.78. The molecule has 17 heavy (non-hydrogen) atoms. The van der Waals surface area contributed by atoms with Gasteiger partial charge in [0.15, 0.2) is 0 Å². The number of amides is 1. The molecule has 0 aromatic carbocycles.